The van der Waals surface area contributed by atoms with E-state index in [0.717, 1.165) is 6.42 Å². The second-order valence-corrected chi connectivity index (χ2v) is 6.21. The molecule has 1 fully saturated rings. The average molecular weight is 247 g/mol. The van der Waals surface area contributed by atoms with E-state index in [2.05, 4.69) is 6.58 Å². The van der Waals surface area contributed by atoms with Crippen LogP contribution in [0.2, 0.25) is 0 Å². The summed E-state index contributed by atoms with van der Waals surface area (Å²) in [6, 6.07) is -0.392. The Hall–Kier alpha value is -0.880. The van der Waals surface area contributed by atoms with Crippen LogP contribution in [0.1, 0.15) is 12.8 Å². The van der Waals surface area contributed by atoms with Crippen LogP contribution < -0.4 is 0 Å². The molecule has 6 heteroatoms. The van der Waals surface area contributed by atoms with Gasteiger partial charge in [-0.25, -0.2) is 8.42 Å². The number of carbonyl (C=O) groups is 1. The molecule has 0 amide bonds. The highest BCUT2D eigenvalue weighted by atomic mass is 32.2. The highest BCUT2D eigenvalue weighted by molar-refractivity contribution is 7.91. The van der Waals surface area contributed by atoms with E-state index >= 15 is 0 Å². The highest BCUT2D eigenvalue weighted by Gasteiger charge is 2.31. The molecule has 1 aliphatic heterocycles. The monoisotopic (exact) mass is 247 g/mol. The van der Waals surface area contributed by atoms with Crippen molar-refractivity contribution in [3.63, 3.8) is 0 Å². The van der Waals surface area contributed by atoms with Crippen molar-refractivity contribution in [1.82, 2.24) is 4.90 Å². The molecule has 1 rings (SSSR count). The van der Waals surface area contributed by atoms with E-state index in [9.17, 15) is 13.2 Å². The predicted octanol–water partition coefficient (Wildman–Crippen LogP) is 0.136. The summed E-state index contributed by atoms with van der Waals surface area (Å²) in [6.07, 6.45) is 2.38. The molecular formula is C10H17NO4S. The van der Waals surface area contributed by atoms with Gasteiger partial charge in [0.2, 0.25) is 0 Å². The highest BCUT2D eigenvalue weighted by Crippen LogP contribution is 2.15. The third-order valence-corrected chi connectivity index (χ3v) is 4.38. The first kappa shape index (κ1) is 13.2. The molecule has 1 atom stereocenters. The minimum absolute atomic E-state index is 0.0452. The third kappa shape index (κ3) is 3.94. The Labute approximate surface area is 95.7 Å². The van der Waals surface area contributed by atoms with Crippen molar-refractivity contribution < 1.29 is 18.3 Å². The van der Waals surface area contributed by atoms with Crippen molar-refractivity contribution in [1.29, 1.82) is 0 Å². The second kappa shape index (κ2) is 5.45. The lowest BCUT2D eigenvalue weighted by Crippen LogP contribution is -2.49. The Bertz CT molecular complexity index is 363. The van der Waals surface area contributed by atoms with E-state index in [-0.39, 0.29) is 17.9 Å². The maximum Gasteiger partial charge on any atom is 0.304 e. The lowest BCUT2D eigenvalue weighted by atomic mass is 10.2. The summed E-state index contributed by atoms with van der Waals surface area (Å²) >= 11 is 0. The molecule has 1 heterocycles. The first-order valence-electron chi connectivity index (χ1n) is 5.22. The third-order valence-electron chi connectivity index (χ3n) is 2.68. The number of hydrogen-bond acceptors (Lipinski definition) is 4. The van der Waals surface area contributed by atoms with Gasteiger partial charge in [-0.05, 0) is 6.42 Å². The van der Waals surface area contributed by atoms with Crippen molar-refractivity contribution in [2.75, 3.05) is 24.6 Å². The molecule has 0 spiro atoms. The summed E-state index contributed by atoms with van der Waals surface area (Å²) in [5, 5.41) is 8.74. The molecule has 0 bridgehead atoms. The number of hydrogen-bond donors (Lipinski definition) is 1. The van der Waals surface area contributed by atoms with Crippen molar-refractivity contribution in [3.05, 3.63) is 12.7 Å². The Morgan fingerprint density at radius 1 is 1.56 bits per heavy atom. The van der Waals surface area contributed by atoms with Gasteiger partial charge in [0.15, 0.2) is 9.84 Å². The van der Waals surface area contributed by atoms with E-state index in [1.54, 1.807) is 6.08 Å². The molecule has 5 nitrogen and oxygen atoms in total. The Morgan fingerprint density at radius 2 is 2.25 bits per heavy atom. The van der Waals surface area contributed by atoms with Crippen LogP contribution in [0.5, 0.6) is 0 Å². The largest absolute Gasteiger partial charge is 0.481 e. The van der Waals surface area contributed by atoms with Gasteiger partial charge in [0.25, 0.3) is 0 Å². The molecule has 92 valence electrons. The topological polar surface area (TPSA) is 74.7 Å². The van der Waals surface area contributed by atoms with Crippen LogP contribution in [0.15, 0.2) is 12.7 Å². The zero-order chi connectivity index (χ0) is 12.2. The number of nitrogens with zero attached hydrogens (tertiary/aromatic N) is 1. The first-order chi connectivity index (χ1) is 7.44. The van der Waals surface area contributed by atoms with Crippen LogP contribution in [-0.2, 0) is 14.6 Å². The van der Waals surface area contributed by atoms with Gasteiger partial charge in [-0.15, -0.1) is 6.58 Å². The maximum atomic E-state index is 11.4. The van der Waals surface area contributed by atoms with Crippen molar-refractivity contribution in [3.8, 4) is 0 Å². The van der Waals surface area contributed by atoms with E-state index in [0.29, 0.717) is 13.1 Å². The van der Waals surface area contributed by atoms with Crippen LogP contribution in [0, 0.1) is 0 Å². The fourth-order valence-electron chi connectivity index (χ4n) is 1.86. The summed E-state index contributed by atoms with van der Waals surface area (Å²) in [5.41, 5.74) is 0. The number of sulfone groups is 1. The number of aliphatic carboxylic acids is 1. The van der Waals surface area contributed by atoms with Crippen LogP contribution >= 0.6 is 0 Å². The Kier molecular flexibility index (Phi) is 4.49. The zero-order valence-corrected chi connectivity index (χ0v) is 9.95. The number of carboxylic acids is 1. The van der Waals surface area contributed by atoms with Gasteiger partial charge in [0.1, 0.15) is 0 Å². The van der Waals surface area contributed by atoms with Crippen LogP contribution in [0.25, 0.3) is 0 Å². The summed E-state index contributed by atoms with van der Waals surface area (Å²) < 4.78 is 22.8. The molecule has 0 radical (unpaired) electrons. The van der Waals surface area contributed by atoms with Crippen molar-refractivity contribution in [2.24, 2.45) is 0 Å². The molecule has 1 unspecified atom stereocenters. The van der Waals surface area contributed by atoms with E-state index in [4.69, 9.17) is 5.11 Å². The van der Waals surface area contributed by atoms with E-state index < -0.39 is 21.8 Å². The lowest BCUT2D eigenvalue weighted by Gasteiger charge is -2.34. The number of rotatable bonds is 5. The van der Waals surface area contributed by atoms with Crippen LogP contribution in [0.3, 0.4) is 0 Å². The molecular weight excluding hydrogens is 230 g/mol. The molecule has 1 N–H and O–H groups in total. The Balaban J connectivity index is 2.67. The predicted molar refractivity (Wildman–Crippen MR) is 61.1 cm³/mol. The zero-order valence-electron chi connectivity index (χ0n) is 9.13. The normalized spacial score (nSPS) is 25.1. The average Bonchev–Trinajstić information content (AvgIpc) is 2.14. The summed E-state index contributed by atoms with van der Waals surface area (Å²) in [7, 11) is -3.07. The fraction of sp³-hybridized carbons (Fsp3) is 0.700. The molecule has 0 aromatic carbocycles. The lowest BCUT2D eigenvalue weighted by molar-refractivity contribution is -0.138. The first-order valence-corrected chi connectivity index (χ1v) is 7.04. The van der Waals surface area contributed by atoms with Crippen LogP contribution in [-0.4, -0.2) is 55.0 Å². The second-order valence-electron chi connectivity index (χ2n) is 3.98. The van der Waals surface area contributed by atoms with Crippen LogP contribution in [0.4, 0.5) is 0 Å². The SMILES string of the molecule is C=CCCN1CCS(=O)(=O)CC1CC(=O)O. The standard InChI is InChI=1S/C10H17NO4S/c1-2-3-4-11-5-6-16(14,15)8-9(11)7-10(12)13/h2,9H,1,3-8H2,(H,12,13). The van der Waals surface area contributed by atoms with E-state index in [1.807, 2.05) is 4.90 Å². The number of carboxylic acid groups (broad SMARTS) is 1. The smallest absolute Gasteiger partial charge is 0.304 e. The van der Waals surface area contributed by atoms with Gasteiger partial charge in [0.05, 0.1) is 17.9 Å². The molecule has 1 saturated heterocycles. The van der Waals surface area contributed by atoms with E-state index in [1.165, 1.54) is 0 Å². The van der Waals surface area contributed by atoms with Gasteiger partial charge in [0, 0.05) is 19.1 Å². The van der Waals surface area contributed by atoms with Gasteiger partial charge in [-0.1, -0.05) is 6.08 Å². The molecule has 16 heavy (non-hydrogen) atoms. The summed E-state index contributed by atoms with van der Waals surface area (Å²) in [4.78, 5) is 12.6. The van der Waals surface area contributed by atoms with Gasteiger partial charge >= 0.3 is 5.97 Å². The molecule has 0 aromatic heterocycles. The molecule has 0 saturated carbocycles. The minimum Gasteiger partial charge on any atom is -0.481 e. The van der Waals surface area contributed by atoms with Gasteiger partial charge < -0.3 is 5.11 Å². The quantitative estimate of drug-likeness (QED) is 0.699. The van der Waals surface area contributed by atoms with Crippen molar-refractivity contribution >= 4 is 15.8 Å². The maximum absolute atomic E-state index is 11.4. The Morgan fingerprint density at radius 3 is 2.81 bits per heavy atom. The molecule has 1 aliphatic rings. The molecule has 0 aliphatic carbocycles. The fourth-order valence-corrected chi connectivity index (χ4v) is 3.46. The van der Waals surface area contributed by atoms with Crippen molar-refractivity contribution in [2.45, 2.75) is 18.9 Å². The minimum atomic E-state index is -3.07. The van der Waals surface area contributed by atoms with Gasteiger partial charge in [-0.3, -0.25) is 9.69 Å². The summed E-state index contributed by atoms with van der Waals surface area (Å²) in [5.74, 6) is -0.873. The van der Waals surface area contributed by atoms with Gasteiger partial charge in [-0.2, -0.15) is 0 Å². The summed E-state index contributed by atoms with van der Waals surface area (Å²) in [6.45, 7) is 4.70. The molecule has 0 aromatic rings.